The molecule has 0 unspecified atom stereocenters. The molecule has 0 saturated heterocycles. The Morgan fingerprint density at radius 3 is 1.88 bits per heavy atom. The van der Waals surface area contributed by atoms with E-state index in [0.29, 0.717) is 6.61 Å². The zero-order valence-corrected chi connectivity index (χ0v) is 15.9. The van der Waals surface area contributed by atoms with Crippen molar-refractivity contribution >= 4 is 0 Å². The lowest BCUT2D eigenvalue weighted by Crippen LogP contribution is -2.14. The van der Waals surface area contributed by atoms with Gasteiger partial charge in [0.25, 0.3) is 0 Å². The number of hydrogen-bond donors (Lipinski definition) is 2. The summed E-state index contributed by atoms with van der Waals surface area (Å²) in [5.74, 6) is 6.63. The van der Waals surface area contributed by atoms with Crippen molar-refractivity contribution in [2.24, 2.45) is 0 Å². The van der Waals surface area contributed by atoms with Crippen LogP contribution in [0.1, 0.15) is 77.2 Å². The van der Waals surface area contributed by atoms with Gasteiger partial charge in [0.05, 0.1) is 6.61 Å². The molecule has 0 aromatic heterocycles. The minimum Gasteiger partial charge on any atom is -0.494 e. The lowest BCUT2D eigenvalue weighted by atomic mass is 10.1. The molecule has 140 valence electrons. The first kappa shape index (κ1) is 21.5. The third kappa shape index (κ3) is 12.5. The largest absolute Gasteiger partial charge is 0.494 e. The molecule has 0 aliphatic carbocycles. The highest BCUT2D eigenvalue weighted by Gasteiger charge is 2.05. The first-order valence-electron chi connectivity index (χ1n) is 9.60. The number of hydrogen-bond acceptors (Lipinski definition) is 3. The zero-order valence-electron chi connectivity index (χ0n) is 15.9. The number of aliphatic hydroxyl groups is 2. The van der Waals surface area contributed by atoms with Crippen molar-refractivity contribution in [3.05, 3.63) is 29.8 Å². The first-order chi connectivity index (χ1) is 12.0. The standard InChI is InChI=1S/C22H34O3/c1-22(2,24)17-16-20-12-14-21(15-13-20)25-19-11-9-7-5-3-4-6-8-10-18-23/h12-15,23-24H,3-11,18-19H2,1-2H3. The van der Waals surface area contributed by atoms with Crippen LogP contribution in [0.4, 0.5) is 0 Å². The quantitative estimate of drug-likeness (QED) is 0.426. The zero-order chi connectivity index (χ0) is 18.4. The predicted octanol–water partition coefficient (Wildman–Crippen LogP) is 4.69. The highest BCUT2D eigenvalue weighted by molar-refractivity contribution is 5.39. The van der Waals surface area contributed by atoms with E-state index in [1.165, 1.54) is 38.5 Å². The summed E-state index contributed by atoms with van der Waals surface area (Å²) in [6.07, 6.45) is 10.8. The van der Waals surface area contributed by atoms with E-state index >= 15 is 0 Å². The summed E-state index contributed by atoms with van der Waals surface area (Å²) in [7, 11) is 0. The van der Waals surface area contributed by atoms with Crippen LogP contribution in [0.25, 0.3) is 0 Å². The predicted molar refractivity (Wildman–Crippen MR) is 104 cm³/mol. The second-order valence-corrected chi connectivity index (χ2v) is 7.09. The fraction of sp³-hybridized carbons (Fsp3) is 0.636. The van der Waals surface area contributed by atoms with Crippen LogP contribution >= 0.6 is 0 Å². The van der Waals surface area contributed by atoms with Gasteiger partial charge < -0.3 is 14.9 Å². The minimum atomic E-state index is -0.964. The molecular weight excluding hydrogens is 312 g/mol. The van der Waals surface area contributed by atoms with E-state index in [-0.39, 0.29) is 0 Å². The van der Waals surface area contributed by atoms with Gasteiger partial charge in [-0.05, 0) is 51.0 Å². The van der Waals surface area contributed by atoms with Crippen LogP contribution in [0.2, 0.25) is 0 Å². The SMILES string of the molecule is CC(C)(O)C#Cc1ccc(OCCCCCCCCCCCO)cc1. The molecule has 0 fully saturated rings. The number of rotatable bonds is 12. The van der Waals surface area contributed by atoms with Gasteiger partial charge in [0.1, 0.15) is 11.4 Å². The molecule has 0 radical (unpaired) electrons. The fourth-order valence-electron chi connectivity index (χ4n) is 2.50. The maximum Gasteiger partial charge on any atom is 0.120 e. The molecule has 25 heavy (non-hydrogen) atoms. The van der Waals surface area contributed by atoms with Crippen LogP contribution in [0.3, 0.4) is 0 Å². The summed E-state index contributed by atoms with van der Waals surface area (Å²) < 4.78 is 5.76. The third-order valence-corrected chi connectivity index (χ3v) is 3.94. The smallest absolute Gasteiger partial charge is 0.120 e. The molecule has 0 aliphatic heterocycles. The van der Waals surface area contributed by atoms with E-state index in [2.05, 4.69) is 11.8 Å². The van der Waals surface area contributed by atoms with Crippen molar-refractivity contribution in [3.63, 3.8) is 0 Å². The number of benzene rings is 1. The van der Waals surface area contributed by atoms with E-state index in [1.54, 1.807) is 13.8 Å². The molecule has 0 saturated carbocycles. The van der Waals surface area contributed by atoms with Crippen LogP contribution in [0.15, 0.2) is 24.3 Å². The summed E-state index contributed by atoms with van der Waals surface area (Å²) in [4.78, 5) is 0. The van der Waals surface area contributed by atoms with E-state index in [4.69, 9.17) is 9.84 Å². The Bertz CT molecular complexity index is 503. The average molecular weight is 347 g/mol. The first-order valence-corrected chi connectivity index (χ1v) is 9.60. The van der Waals surface area contributed by atoms with Crippen LogP contribution in [-0.2, 0) is 0 Å². The molecule has 3 heteroatoms. The molecule has 3 nitrogen and oxygen atoms in total. The van der Waals surface area contributed by atoms with Crippen LogP contribution < -0.4 is 4.74 Å². The minimum absolute atomic E-state index is 0.330. The maximum atomic E-state index is 9.60. The van der Waals surface area contributed by atoms with Gasteiger partial charge in [-0.25, -0.2) is 0 Å². The molecule has 1 aromatic carbocycles. The van der Waals surface area contributed by atoms with Gasteiger partial charge in [-0.2, -0.15) is 0 Å². The Morgan fingerprint density at radius 1 is 0.840 bits per heavy atom. The number of ether oxygens (including phenoxy) is 1. The summed E-state index contributed by atoms with van der Waals surface area (Å²) in [6, 6.07) is 7.71. The molecule has 0 atom stereocenters. The molecule has 0 spiro atoms. The van der Waals surface area contributed by atoms with Crippen molar-refractivity contribution in [2.45, 2.75) is 77.2 Å². The van der Waals surface area contributed by atoms with Crippen LogP contribution in [0, 0.1) is 11.8 Å². The van der Waals surface area contributed by atoms with E-state index in [0.717, 1.165) is 37.2 Å². The maximum absolute atomic E-state index is 9.60. The van der Waals surface area contributed by atoms with Gasteiger partial charge >= 0.3 is 0 Å². The van der Waals surface area contributed by atoms with Crippen LogP contribution in [-0.4, -0.2) is 29.0 Å². The van der Waals surface area contributed by atoms with Crippen molar-refractivity contribution in [3.8, 4) is 17.6 Å². The highest BCUT2D eigenvalue weighted by Crippen LogP contribution is 2.14. The normalized spacial score (nSPS) is 11.0. The van der Waals surface area contributed by atoms with Crippen molar-refractivity contribution in [2.75, 3.05) is 13.2 Å². The molecule has 2 N–H and O–H groups in total. The Labute approximate surface area is 153 Å². The van der Waals surface area contributed by atoms with E-state index < -0.39 is 5.60 Å². The molecule has 0 heterocycles. The number of unbranched alkanes of at least 4 members (excludes halogenated alkanes) is 8. The Morgan fingerprint density at radius 2 is 1.36 bits per heavy atom. The van der Waals surface area contributed by atoms with Crippen molar-refractivity contribution in [1.82, 2.24) is 0 Å². The van der Waals surface area contributed by atoms with Gasteiger partial charge in [0.15, 0.2) is 0 Å². The monoisotopic (exact) mass is 346 g/mol. The van der Waals surface area contributed by atoms with Gasteiger partial charge in [-0.15, -0.1) is 0 Å². The summed E-state index contributed by atoms with van der Waals surface area (Å²) in [5.41, 5.74) is -0.0809. The molecular formula is C22H34O3. The Hall–Kier alpha value is -1.50. The highest BCUT2D eigenvalue weighted by atomic mass is 16.5. The van der Waals surface area contributed by atoms with Gasteiger partial charge in [0, 0.05) is 12.2 Å². The second-order valence-electron chi connectivity index (χ2n) is 7.09. The topological polar surface area (TPSA) is 49.7 Å². The molecule has 1 rings (SSSR count). The van der Waals surface area contributed by atoms with Crippen LogP contribution in [0.5, 0.6) is 5.75 Å². The van der Waals surface area contributed by atoms with Gasteiger partial charge in [-0.3, -0.25) is 0 Å². The Balaban J connectivity index is 2.06. The van der Waals surface area contributed by atoms with Gasteiger partial charge in [0.2, 0.25) is 0 Å². The lowest BCUT2D eigenvalue weighted by Gasteiger charge is -2.07. The summed E-state index contributed by atoms with van der Waals surface area (Å²) in [6.45, 7) is 4.44. The second kappa shape index (κ2) is 12.8. The summed E-state index contributed by atoms with van der Waals surface area (Å²) in [5, 5.41) is 18.3. The van der Waals surface area contributed by atoms with E-state index in [9.17, 15) is 5.11 Å². The average Bonchev–Trinajstić information content (AvgIpc) is 2.58. The van der Waals surface area contributed by atoms with Gasteiger partial charge in [-0.1, -0.05) is 56.8 Å². The lowest BCUT2D eigenvalue weighted by molar-refractivity contribution is 0.143. The molecule has 1 aromatic rings. The van der Waals surface area contributed by atoms with Crippen molar-refractivity contribution in [1.29, 1.82) is 0 Å². The Kier molecular flexibility index (Phi) is 11.0. The van der Waals surface area contributed by atoms with E-state index in [1.807, 2.05) is 24.3 Å². The van der Waals surface area contributed by atoms with Crippen molar-refractivity contribution < 1.29 is 14.9 Å². The fourth-order valence-corrected chi connectivity index (χ4v) is 2.50. The molecule has 0 amide bonds. The molecule has 0 aliphatic rings. The number of aliphatic hydroxyl groups excluding tert-OH is 1. The summed E-state index contributed by atoms with van der Waals surface area (Å²) >= 11 is 0. The third-order valence-electron chi connectivity index (χ3n) is 3.94. The molecule has 0 bridgehead atoms.